The molecule has 1 atom stereocenters. The van der Waals surface area contributed by atoms with Crippen LogP contribution in [-0.4, -0.2) is 23.4 Å². The molecule has 0 saturated carbocycles. The summed E-state index contributed by atoms with van der Waals surface area (Å²) in [4.78, 5) is 0. The van der Waals surface area contributed by atoms with Crippen molar-refractivity contribution in [2.75, 3.05) is 0 Å². The lowest BCUT2D eigenvalue weighted by atomic mass is 9.77. The van der Waals surface area contributed by atoms with Crippen molar-refractivity contribution in [3.8, 4) is 0 Å². The molecule has 0 spiro atoms. The first-order valence-electron chi connectivity index (χ1n) is 10.3. The van der Waals surface area contributed by atoms with Crippen LogP contribution in [0.25, 0.3) is 11.6 Å². The van der Waals surface area contributed by atoms with E-state index in [-0.39, 0.29) is 12.7 Å². The Morgan fingerprint density at radius 2 is 2.00 bits per heavy atom. The molecular formula is C24H29BO4. The van der Waals surface area contributed by atoms with Gasteiger partial charge in [-0.25, -0.2) is 0 Å². The molecule has 0 amide bonds. The minimum absolute atomic E-state index is 0.115. The third-order valence-corrected chi connectivity index (χ3v) is 5.14. The first-order chi connectivity index (χ1) is 14.1. The van der Waals surface area contributed by atoms with E-state index in [1.54, 1.807) is 6.07 Å². The number of aliphatic hydroxyl groups excluding tert-OH is 1. The van der Waals surface area contributed by atoms with Crippen molar-refractivity contribution in [1.29, 1.82) is 0 Å². The van der Waals surface area contributed by atoms with Crippen LogP contribution in [0.5, 0.6) is 0 Å². The average Bonchev–Trinajstić information content (AvgIpc) is 3.19. The molecule has 5 heteroatoms. The predicted molar refractivity (Wildman–Crippen MR) is 118 cm³/mol. The Kier molecular flexibility index (Phi) is 7.70. The number of benzene rings is 1. The second-order valence-corrected chi connectivity index (χ2v) is 7.36. The summed E-state index contributed by atoms with van der Waals surface area (Å²) in [7, 11) is -0.764. The number of hydrogen-bond acceptors (Lipinski definition) is 4. The molecule has 2 heterocycles. The Balaban J connectivity index is 1.81. The van der Waals surface area contributed by atoms with E-state index < -0.39 is 7.12 Å². The number of rotatable bonds is 9. The van der Waals surface area contributed by atoms with Gasteiger partial charge in [-0.3, -0.25) is 0 Å². The van der Waals surface area contributed by atoms with Gasteiger partial charge in [-0.2, -0.15) is 0 Å². The molecule has 0 radical (unpaired) electrons. The van der Waals surface area contributed by atoms with Crippen molar-refractivity contribution < 1.29 is 19.2 Å². The fourth-order valence-corrected chi connectivity index (χ4v) is 3.69. The predicted octanol–water partition coefficient (Wildman–Crippen LogP) is 5.25. The first kappa shape index (κ1) is 21.4. The molecule has 0 saturated heterocycles. The molecule has 0 aliphatic carbocycles. The van der Waals surface area contributed by atoms with E-state index in [9.17, 15) is 10.1 Å². The van der Waals surface area contributed by atoms with E-state index in [1.807, 2.05) is 30.3 Å². The smallest absolute Gasteiger partial charge is 0.458 e. The summed E-state index contributed by atoms with van der Waals surface area (Å²) >= 11 is 0. The lowest BCUT2D eigenvalue weighted by Gasteiger charge is -2.28. The molecule has 1 aromatic heterocycles. The maximum absolute atomic E-state index is 10.0. The highest BCUT2D eigenvalue weighted by Crippen LogP contribution is 2.32. The summed E-state index contributed by atoms with van der Waals surface area (Å²) in [5.41, 5.74) is 4.44. The average molecular weight is 392 g/mol. The zero-order chi connectivity index (χ0) is 20.6. The van der Waals surface area contributed by atoms with E-state index in [4.69, 9.17) is 9.07 Å². The largest absolute Gasteiger partial charge is 0.459 e. The molecule has 2 aromatic rings. The standard InChI is InChI=1S/C24H29BO4/c1-3-7-18(2)23-14-15-25(27)29-24(23)13-10-20(19-8-5-4-6-9-19)16-21-11-12-22(17-26)28-21/h4-6,8-9,11-12,14,16,24,26-27H,2-3,7,10,13,15,17H2,1H3/b20-16-. The van der Waals surface area contributed by atoms with E-state index in [0.717, 1.165) is 48.0 Å². The monoisotopic (exact) mass is 392 g/mol. The van der Waals surface area contributed by atoms with Crippen LogP contribution in [-0.2, 0) is 11.3 Å². The molecule has 0 fully saturated rings. The highest BCUT2D eigenvalue weighted by atomic mass is 16.5. The summed E-state index contributed by atoms with van der Waals surface area (Å²) in [6.45, 7) is 6.25. The quantitative estimate of drug-likeness (QED) is 0.572. The van der Waals surface area contributed by atoms with E-state index >= 15 is 0 Å². The second kappa shape index (κ2) is 10.4. The summed E-state index contributed by atoms with van der Waals surface area (Å²) in [6, 6.07) is 13.8. The Bertz CT molecular complexity index is 866. The molecule has 3 rings (SSSR count). The molecule has 152 valence electrons. The van der Waals surface area contributed by atoms with E-state index in [0.29, 0.717) is 17.8 Å². The Morgan fingerprint density at radius 1 is 1.21 bits per heavy atom. The number of hydrogen-bond donors (Lipinski definition) is 2. The first-order valence-corrected chi connectivity index (χ1v) is 10.3. The summed E-state index contributed by atoms with van der Waals surface area (Å²) in [5, 5.41) is 19.3. The summed E-state index contributed by atoms with van der Waals surface area (Å²) in [5.74, 6) is 1.26. The normalized spacial score (nSPS) is 17.3. The third-order valence-electron chi connectivity index (χ3n) is 5.14. The molecule has 4 nitrogen and oxygen atoms in total. The van der Waals surface area contributed by atoms with Gasteiger partial charge in [0.15, 0.2) is 0 Å². The van der Waals surface area contributed by atoms with Gasteiger partial charge in [0.05, 0.1) is 6.10 Å². The van der Waals surface area contributed by atoms with Gasteiger partial charge in [0.2, 0.25) is 0 Å². The summed E-state index contributed by atoms with van der Waals surface area (Å²) < 4.78 is 11.5. The Hall–Kier alpha value is -2.34. The van der Waals surface area contributed by atoms with Crippen LogP contribution >= 0.6 is 0 Å². The molecule has 1 aliphatic heterocycles. The van der Waals surface area contributed by atoms with Gasteiger partial charge in [-0.15, -0.1) is 0 Å². The third kappa shape index (κ3) is 5.83. The number of furan rings is 1. The van der Waals surface area contributed by atoms with Crippen LogP contribution < -0.4 is 0 Å². The topological polar surface area (TPSA) is 62.8 Å². The van der Waals surface area contributed by atoms with Crippen LogP contribution in [0.4, 0.5) is 0 Å². The minimum Gasteiger partial charge on any atom is -0.459 e. The molecular weight excluding hydrogens is 363 g/mol. The van der Waals surface area contributed by atoms with Crippen molar-refractivity contribution in [3.63, 3.8) is 0 Å². The van der Waals surface area contributed by atoms with Gasteiger partial charge in [0.1, 0.15) is 18.1 Å². The van der Waals surface area contributed by atoms with Crippen LogP contribution in [0.1, 0.15) is 49.7 Å². The zero-order valence-corrected chi connectivity index (χ0v) is 17.0. The molecule has 1 aromatic carbocycles. The minimum atomic E-state index is -0.764. The van der Waals surface area contributed by atoms with Gasteiger partial charge in [0.25, 0.3) is 0 Å². The molecule has 1 aliphatic rings. The van der Waals surface area contributed by atoms with Gasteiger partial charge in [-0.05, 0) is 59.8 Å². The fourth-order valence-electron chi connectivity index (χ4n) is 3.69. The maximum Gasteiger partial charge on any atom is 0.458 e. The van der Waals surface area contributed by atoms with E-state index in [1.165, 1.54) is 0 Å². The zero-order valence-electron chi connectivity index (χ0n) is 17.0. The highest BCUT2D eigenvalue weighted by Gasteiger charge is 2.28. The summed E-state index contributed by atoms with van der Waals surface area (Å²) in [6.07, 6.45) is 7.88. The van der Waals surface area contributed by atoms with Gasteiger partial charge >= 0.3 is 7.12 Å². The van der Waals surface area contributed by atoms with Crippen molar-refractivity contribution >= 4 is 18.8 Å². The molecule has 2 N–H and O–H groups in total. The Morgan fingerprint density at radius 3 is 2.69 bits per heavy atom. The Labute approximate surface area is 173 Å². The SMILES string of the molecule is C=C(CCC)C1=CCB(O)OC1CC/C(=C/c1ccc(CO)o1)c1ccccc1. The van der Waals surface area contributed by atoms with E-state index in [2.05, 4.69) is 31.7 Å². The lowest BCUT2D eigenvalue weighted by molar-refractivity contribution is 0.184. The van der Waals surface area contributed by atoms with Crippen molar-refractivity contribution in [2.24, 2.45) is 0 Å². The van der Waals surface area contributed by atoms with Gasteiger partial charge in [0, 0.05) is 6.32 Å². The molecule has 1 unspecified atom stereocenters. The highest BCUT2D eigenvalue weighted by molar-refractivity contribution is 6.43. The molecule has 0 bridgehead atoms. The van der Waals surface area contributed by atoms with Crippen molar-refractivity contribution in [3.05, 3.63) is 83.3 Å². The number of aliphatic hydroxyl groups is 1. The van der Waals surface area contributed by atoms with Crippen molar-refractivity contribution in [2.45, 2.75) is 51.6 Å². The fraction of sp³-hybridized carbons (Fsp3) is 0.333. The second-order valence-electron chi connectivity index (χ2n) is 7.36. The van der Waals surface area contributed by atoms with Crippen LogP contribution in [0, 0.1) is 0 Å². The van der Waals surface area contributed by atoms with Crippen LogP contribution in [0.3, 0.4) is 0 Å². The van der Waals surface area contributed by atoms with Gasteiger partial charge in [-0.1, -0.05) is 56.3 Å². The van der Waals surface area contributed by atoms with Crippen LogP contribution in [0.2, 0.25) is 6.32 Å². The van der Waals surface area contributed by atoms with Crippen molar-refractivity contribution in [1.82, 2.24) is 0 Å². The van der Waals surface area contributed by atoms with Crippen LogP contribution in [0.15, 0.2) is 70.7 Å². The molecule has 29 heavy (non-hydrogen) atoms. The van der Waals surface area contributed by atoms with Gasteiger partial charge < -0.3 is 19.2 Å². The number of allylic oxidation sites excluding steroid dienone is 2. The lowest BCUT2D eigenvalue weighted by Crippen LogP contribution is -2.31. The maximum atomic E-state index is 10.0.